The first-order valence-corrected chi connectivity index (χ1v) is 9.27. The van der Waals surface area contributed by atoms with Crippen LogP contribution in [-0.2, 0) is 4.79 Å². The molecule has 2 fully saturated rings. The lowest BCUT2D eigenvalue weighted by atomic mass is 9.59. The third-order valence-corrected chi connectivity index (χ3v) is 8.04. The summed E-state index contributed by atoms with van der Waals surface area (Å²) in [7, 11) is 0. The summed E-state index contributed by atoms with van der Waals surface area (Å²) >= 11 is 0. The summed E-state index contributed by atoms with van der Waals surface area (Å²) in [5.41, 5.74) is -4.57. The molecule has 0 saturated heterocycles. The smallest absolute Gasteiger partial charge is 0.190 e. The largest absolute Gasteiger partial charge is 0.392 e. The highest BCUT2D eigenvalue weighted by atomic mass is 16.4. The monoisotopic (exact) mass is 364 g/mol. The van der Waals surface area contributed by atoms with Crippen LogP contribution in [0.25, 0.3) is 0 Å². The topological polar surface area (TPSA) is 118 Å². The Balaban J connectivity index is 1.96. The van der Waals surface area contributed by atoms with Gasteiger partial charge >= 0.3 is 0 Å². The van der Waals surface area contributed by atoms with E-state index in [4.69, 9.17) is 0 Å². The zero-order chi connectivity index (χ0) is 19.4. The fraction of sp³-hybridized carbons (Fsp3) is 0.750. The number of fused-ring (bicyclic) bond motifs is 5. The van der Waals surface area contributed by atoms with Crippen LogP contribution in [0.4, 0.5) is 0 Å². The molecule has 2 saturated carbocycles. The third kappa shape index (κ3) is 1.69. The van der Waals surface area contributed by atoms with Crippen LogP contribution in [0.3, 0.4) is 0 Å². The Hall–Kier alpha value is -1.05. The maximum atomic E-state index is 12.7. The van der Waals surface area contributed by atoms with Crippen molar-refractivity contribution in [1.82, 2.24) is 0 Å². The lowest BCUT2D eigenvalue weighted by Gasteiger charge is -2.51. The van der Waals surface area contributed by atoms with E-state index in [2.05, 4.69) is 0 Å². The molecule has 4 aliphatic rings. The molecule has 4 rings (SSSR count). The van der Waals surface area contributed by atoms with Gasteiger partial charge in [0.1, 0.15) is 11.2 Å². The van der Waals surface area contributed by atoms with Crippen molar-refractivity contribution in [1.29, 1.82) is 0 Å². The number of hydrogen-bond acceptors (Lipinski definition) is 6. The van der Waals surface area contributed by atoms with Crippen LogP contribution in [0, 0.1) is 29.1 Å². The zero-order valence-electron chi connectivity index (χ0n) is 15.6. The summed E-state index contributed by atoms with van der Waals surface area (Å²) < 4.78 is 0. The van der Waals surface area contributed by atoms with Gasteiger partial charge in [0.2, 0.25) is 0 Å². The predicted molar refractivity (Wildman–Crippen MR) is 92.8 cm³/mol. The molecule has 8 atom stereocenters. The molecular formula is C20H28O6. The van der Waals surface area contributed by atoms with Crippen molar-refractivity contribution < 1.29 is 30.3 Å². The van der Waals surface area contributed by atoms with Crippen LogP contribution >= 0.6 is 0 Å². The number of carbonyl (C=O) groups is 1. The standard InChI is InChI=1S/C20H28O6/c1-9-5-13-18(24,15(9)22)7-11(8-21)6-12-14-17(3,4)20(14,26)16(23)10(2)19(12,13)25/h5-6,10,12-14,16,21,23-26H,7-8H2,1-4H3/t10-,12+,13-,14-,16-,18-,19-,20?/m1/s1. The molecule has 0 radical (unpaired) electrons. The van der Waals surface area contributed by atoms with E-state index in [9.17, 15) is 30.3 Å². The normalized spacial score (nSPS) is 54.5. The van der Waals surface area contributed by atoms with Gasteiger partial charge < -0.3 is 25.5 Å². The molecule has 0 bridgehead atoms. The molecule has 0 aliphatic heterocycles. The Bertz CT molecular complexity index is 753. The lowest BCUT2D eigenvalue weighted by molar-refractivity contribution is -0.209. The second-order valence-electron chi connectivity index (χ2n) is 9.41. The van der Waals surface area contributed by atoms with Crippen LogP contribution in [0.2, 0.25) is 0 Å². The first kappa shape index (κ1) is 18.3. The van der Waals surface area contributed by atoms with Crippen molar-refractivity contribution in [3.8, 4) is 0 Å². The molecule has 26 heavy (non-hydrogen) atoms. The molecule has 1 unspecified atom stereocenters. The van der Waals surface area contributed by atoms with E-state index in [0.29, 0.717) is 11.1 Å². The van der Waals surface area contributed by atoms with Crippen LogP contribution in [0.15, 0.2) is 23.3 Å². The number of aliphatic hydroxyl groups excluding tert-OH is 2. The number of aliphatic hydroxyl groups is 5. The van der Waals surface area contributed by atoms with Crippen molar-refractivity contribution in [3.05, 3.63) is 23.3 Å². The minimum absolute atomic E-state index is 0.0615. The maximum Gasteiger partial charge on any atom is 0.190 e. The highest BCUT2D eigenvalue weighted by molar-refractivity contribution is 6.04. The van der Waals surface area contributed by atoms with E-state index >= 15 is 0 Å². The van der Waals surface area contributed by atoms with Gasteiger partial charge in [-0.2, -0.15) is 0 Å². The summed E-state index contributed by atoms with van der Waals surface area (Å²) in [5, 5.41) is 54.9. The fourth-order valence-electron chi connectivity index (χ4n) is 6.45. The van der Waals surface area contributed by atoms with E-state index in [0.717, 1.165) is 0 Å². The summed E-state index contributed by atoms with van der Waals surface area (Å²) in [6.45, 7) is 6.63. The summed E-state index contributed by atoms with van der Waals surface area (Å²) in [6.07, 6.45) is 2.08. The molecule has 5 N–H and O–H groups in total. The van der Waals surface area contributed by atoms with Gasteiger partial charge in [-0.15, -0.1) is 0 Å². The number of hydrogen-bond donors (Lipinski definition) is 5. The van der Waals surface area contributed by atoms with E-state index in [1.54, 1.807) is 26.0 Å². The molecule has 0 aromatic rings. The molecule has 0 aromatic heterocycles. The van der Waals surface area contributed by atoms with Crippen LogP contribution in [0.1, 0.15) is 34.1 Å². The minimum atomic E-state index is -1.84. The Morgan fingerprint density at radius 3 is 2.38 bits per heavy atom. The van der Waals surface area contributed by atoms with Crippen molar-refractivity contribution in [2.75, 3.05) is 6.61 Å². The van der Waals surface area contributed by atoms with Crippen LogP contribution < -0.4 is 0 Å². The fourth-order valence-corrected chi connectivity index (χ4v) is 6.45. The van der Waals surface area contributed by atoms with Crippen LogP contribution in [0.5, 0.6) is 0 Å². The minimum Gasteiger partial charge on any atom is -0.392 e. The van der Waals surface area contributed by atoms with E-state index in [-0.39, 0.29) is 13.0 Å². The zero-order valence-corrected chi connectivity index (χ0v) is 15.6. The lowest BCUT2D eigenvalue weighted by Crippen LogP contribution is -2.65. The number of Topliss-reactive ketones (excluding diaryl/α,β-unsaturated/α-hetero) is 1. The number of rotatable bonds is 1. The molecule has 6 heteroatoms. The van der Waals surface area contributed by atoms with Gasteiger partial charge in [-0.1, -0.05) is 32.9 Å². The Morgan fingerprint density at radius 1 is 1.19 bits per heavy atom. The maximum absolute atomic E-state index is 12.7. The second kappa shape index (κ2) is 4.86. The first-order chi connectivity index (χ1) is 11.9. The predicted octanol–water partition coefficient (Wildman–Crippen LogP) is -0.0699. The Labute approximate surface area is 152 Å². The second-order valence-corrected chi connectivity index (χ2v) is 9.41. The van der Waals surface area contributed by atoms with Crippen molar-refractivity contribution in [2.24, 2.45) is 29.1 Å². The molecule has 6 nitrogen and oxygen atoms in total. The highest BCUT2D eigenvalue weighted by Gasteiger charge is 2.84. The quantitative estimate of drug-likeness (QED) is 0.416. The van der Waals surface area contributed by atoms with Gasteiger partial charge in [0.25, 0.3) is 0 Å². The van der Waals surface area contributed by atoms with Crippen molar-refractivity contribution in [3.63, 3.8) is 0 Å². The van der Waals surface area contributed by atoms with E-state index in [1.807, 2.05) is 13.8 Å². The van der Waals surface area contributed by atoms with E-state index in [1.165, 1.54) is 0 Å². The van der Waals surface area contributed by atoms with Gasteiger partial charge in [-0.25, -0.2) is 0 Å². The SMILES string of the molecule is CC1=C[C@H]2[C@@]3(O)[C@H](C)[C@@H](O)C4(O)[C@H]([C@@H]3C=C(CO)C[C@]2(O)C1=O)C4(C)C. The van der Waals surface area contributed by atoms with Gasteiger partial charge in [0.05, 0.1) is 18.3 Å². The molecule has 0 heterocycles. The Morgan fingerprint density at radius 2 is 1.81 bits per heavy atom. The molecule has 4 aliphatic carbocycles. The third-order valence-electron chi connectivity index (χ3n) is 8.04. The molecule has 0 spiro atoms. The molecule has 0 aromatic carbocycles. The van der Waals surface area contributed by atoms with E-state index < -0.39 is 57.8 Å². The molecule has 144 valence electrons. The molecule has 0 amide bonds. The summed E-state index contributed by atoms with van der Waals surface area (Å²) in [4.78, 5) is 12.7. The van der Waals surface area contributed by atoms with Gasteiger partial charge in [0.15, 0.2) is 5.78 Å². The summed E-state index contributed by atoms with van der Waals surface area (Å²) in [5.74, 6) is -3.14. The highest BCUT2D eigenvalue weighted by Crippen LogP contribution is 2.74. The van der Waals surface area contributed by atoms with Gasteiger partial charge in [-0.05, 0) is 18.1 Å². The van der Waals surface area contributed by atoms with Crippen LogP contribution in [-0.4, -0.2) is 60.8 Å². The average molecular weight is 364 g/mol. The number of carbonyl (C=O) groups excluding carboxylic acids is 1. The van der Waals surface area contributed by atoms with Crippen molar-refractivity contribution >= 4 is 5.78 Å². The Kier molecular flexibility index (Phi) is 3.42. The van der Waals surface area contributed by atoms with Crippen molar-refractivity contribution in [2.45, 2.75) is 57.0 Å². The molecular weight excluding hydrogens is 336 g/mol. The first-order valence-electron chi connectivity index (χ1n) is 9.27. The number of ketones is 1. The average Bonchev–Trinajstić information content (AvgIpc) is 2.97. The van der Waals surface area contributed by atoms with Gasteiger partial charge in [0, 0.05) is 35.5 Å². The van der Waals surface area contributed by atoms with Gasteiger partial charge in [-0.3, -0.25) is 4.79 Å². The summed E-state index contributed by atoms with van der Waals surface area (Å²) in [6, 6.07) is 0.